The minimum Gasteiger partial charge on any atom is -0.483 e. The van der Waals surface area contributed by atoms with E-state index in [4.69, 9.17) is 4.74 Å². The number of nitrogens with zero attached hydrogens (tertiary/aromatic N) is 1. The first-order valence-corrected chi connectivity index (χ1v) is 13.1. The van der Waals surface area contributed by atoms with E-state index >= 15 is 0 Å². The average molecular weight is 440 g/mol. The minimum atomic E-state index is -0.0318. The predicted octanol–water partition coefficient (Wildman–Crippen LogP) is 8.22. The van der Waals surface area contributed by atoms with Gasteiger partial charge in [-0.15, -0.1) is 0 Å². The van der Waals surface area contributed by atoms with Gasteiger partial charge in [0.05, 0.1) is 5.69 Å². The van der Waals surface area contributed by atoms with Crippen LogP contribution in [0, 0.1) is 6.92 Å². The summed E-state index contributed by atoms with van der Waals surface area (Å²) < 4.78 is 8.05. The summed E-state index contributed by atoms with van der Waals surface area (Å²) in [4.78, 5) is 12.3. The Morgan fingerprint density at radius 1 is 0.719 bits per heavy atom. The molecule has 3 nitrogen and oxygen atoms in total. The van der Waals surface area contributed by atoms with Gasteiger partial charge in [-0.05, 0) is 18.9 Å². The number of aromatic nitrogens is 1. The topological polar surface area (TPSA) is 31.2 Å². The Labute approximate surface area is 196 Å². The molecule has 1 aromatic carbocycles. The molecule has 32 heavy (non-hydrogen) atoms. The number of benzene rings is 1. The summed E-state index contributed by atoms with van der Waals surface area (Å²) in [5.41, 5.74) is 1.98. The molecule has 0 amide bonds. The first kappa shape index (κ1) is 26.2. The monoisotopic (exact) mass is 439 g/mol. The van der Waals surface area contributed by atoms with Gasteiger partial charge in [-0.3, -0.25) is 4.79 Å². The van der Waals surface area contributed by atoms with Crippen LogP contribution in [0.1, 0.15) is 108 Å². The Hall–Kier alpha value is -2.03. The lowest BCUT2D eigenvalue weighted by Crippen LogP contribution is -2.15. The normalized spacial score (nSPS) is 11.1. The zero-order valence-corrected chi connectivity index (χ0v) is 20.6. The highest BCUT2D eigenvalue weighted by Gasteiger charge is 2.09. The number of rotatable bonds is 18. The van der Waals surface area contributed by atoms with E-state index in [1.165, 1.54) is 83.5 Å². The van der Waals surface area contributed by atoms with E-state index in [1.54, 1.807) is 6.07 Å². The fraction of sp³-hybridized carbons (Fsp3) is 0.621. The van der Waals surface area contributed by atoms with Crippen molar-refractivity contribution < 1.29 is 4.74 Å². The lowest BCUT2D eigenvalue weighted by atomic mass is 10.0. The maximum atomic E-state index is 12.3. The minimum absolute atomic E-state index is 0.0318. The van der Waals surface area contributed by atoms with E-state index in [0.29, 0.717) is 12.4 Å². The van der Waals surface area contributed by atoms with Gasteiger partial charge in [0, 0.05) is 18.8 Å². The summed E-state index contributed by atoms with van der Waals surface area (Å²) in [5.74, 6) is 0.488. The molecule has 0 spiro atoms. The Bertz CT molecular complexity index is 781. The number of pyridine rings is 1. The molecule has 0 N–H and O–H groups in total. The van der Waals surface area contributed by atoms with Crippen LogP contribution in [0.15, 0.2) is 47.4 Å². The maximum Gasteiger partial charge on any atom is 0.223 e. The molecule has 2 rings (SSSR count). The average Bonchev–Trinajstić information content (AvgIpc) is 2.81. The maximum absolute atomic E-state index is 12.3. The van der Waals surface area contributed by atoms with Crippen molar-refractivity contribution in [3.8, 4) is 5.75 Å². The molecule has 0 saturated heterocycles. The quantitative estimate of drug-likeness (QED) is 0.219. The molecule has 0 saturated carbocycles. The smallest absolute Gasteiger partial charge is 0.223 e. The zero-order valence-electron chi connectivity index (χ0n) is 20.6. The van der Waals surface area contributed by atoms with Crippen molar-refractivity contribution in [3.63, 3.8) is 0 Å². The molecule has 0 bridgehead atoms. The standard InChI is InChI=1S/C29H45NO2/c1-3-4-5-6-7-8-9-10-11-12-13-14-15-19-23-30-24-22-28(31)29(26(30)2)32-25-27-20-17-16-18-21-27/h16-18,20-22,24H,3-15,19,23,25H2,1-2H3. The van der Waals surface area contributed by atoms with Crippen LogP contribution in [-0.4, -0.2) is 4.57 Å². The molecule has 1 heterocycles. The van der Waals surface area contributed by atoms with E-state index in [-0.39, 0.29) is 5.43 Å². The number of aryl methyl sites for hydroxylation is 1. The van der Waals surface area contributed by atoms with Crippen molar-refractivity contribution in [2.45, 2.75) is 117 Å². The van der Waals surface area contributed by atoms with Gasteiger partial charge in [-0.2, -0.15) is 0 Å². The van der Waals surface area contributed by atoms with Crippen LogP contribution >= 0.6 is 0 Å². The van der Waals surface area contributed by atoms with Gasteiger partial charge in [0.1, 0.15) is 6.61 Å². The van der Waals surface area contributed by atoms with E-state index < -0.39 is 0 Å². The largest absolute Gasteiger partial charge is 0.483 e. The fourth-order valence-electron chi connectivity index (χ4n) is 4.28. The number of hydrogen-bond acceptors (Lipinski definition) is 2. The summed E-state index contributed by atoms with van der Waals surface area (Å²) in [7, 11) is 0. The van der Waals surface area contributed by atoms with Crippen molar-refractivity contribution in [1.29, 1.82) is 0 Å². The molecule has 178 valence electrons. The summed E-state index contributed by atoms with van der Waals surface area (Å²) in [6.45, 7) is 5.65. The van der Waals surface area contributed by atoms with Gasteiger partial charge in [-0.25, -0.2) is 0 Å². The lowest BCUT2D eigenvalue weighted by molar-refractivity contribution is 0.296. The van der Waals surface area contributed by atoms with Crippen molar-refractivity contribution >= 4 is 0 Å². The molecule has 0 aliphatic carbocycles. The number of unbranched alkanes of at least 4 members (excludes halogenated alkanes) is 13. The molecule has 0 radical (unpaired) electrons. The van der Waals surface area contributed by atoms with Crippen LogP contribution in [0.5, 0.6) is 5.75 Å². The van der Waals surface area contributed by atoms with Crippen LogP contribution in [0.4, 0.5) is 0 Å². The van der Waals surface area contributed by atoms with Crippen LogP contribution in [-0.2, 0) is 13.2 Å². The number of hydrogen-bond donors (Lipinski definition) is 0. The predicted molar refractivity (Wildman–Crippen MR) is 137 cm³/mol. The zero-order chi connectivity index (χ0) is 22.9. The second-order valence-electron chi connectivity index (χ2n) is 9.16. The molecule has 1 aromatic heterocycles. The molecule has 0 atom stereocenters. The van der Waals surface area contributed by atoms with Crippen molar-refractivity contribution in [1.82, 2.24) is 4.57 Å². The van der Waals surface area contributed by atoms with E-state index in [1.807, 2.05) is 43.5 Å². The molecule has 0 aliphatic heterocycles. The van der Waals surface area contributed by atoms with Crippen LogP contribution in [0.25, 0.3) is 0 Å². The highest BCUT2D eigenvalue weighted by molar-refractivity contribution is 5.28. The summed E-state index contributed by atoms with van der Waals surface area (Å²) in [5, 5.41) is 0. The molecule has 2 aromatic rings. The Balaban J connectivity index is 1.56. The van der Waals surface area contributed by atoms with Gasteiger partial charge in [0.2, 0.25) is 5.43 Å². The molecule has 0 unspecified atom stereocenters. The Morgan fingerprint density at radius 2 is 1.25 bits per heavy atom. The molecule has 3 heteroatoms. The van der Waals surface area contributed by atoms with Crippen LogP contribution in [0.3, 0.4) is 0 Å². The highest BCUT2D eigenvalue weighted by Crippen LogP contribution is 2.16. The van der Waals surface area contributed by atoms with Crippen LogP contribution in [0.2, 0.25) is 0 Å². The molecule has 0 fully saturated rings. The van der Waals surface area contributed by atoms with E-state index in [0.717, 1.165) is 24.2 Å². The van der Waals surface area contributed by atoms with Crippen molar-refractivity contribution in [2.75, 3.05) is 0 Å². The number of ether oxygens (including phenoxy) is 1. The SMILES string of the molecule is CCCCCCCCCCCCCCCCn1ccc(=O)c(OCc2ccccc2)c1C. The molecular formula is C29H45NO2. The molecular weight excluding hydrogens is 394 g/mol. The third-order valence-corrected chi connectivity index (χ3v) is 6.37. The first-order valence-electron chi connectivity index (χ1n) is 13.1. The fourth-order valence-corrected chi connectivity index (χ4v) is 4.28. The second-order valence-corrected chi connectivity index (χ2v) is 9.16. The Kier molecular flexibility index (Phi) is 13.6. The third kappa shape index (κ3) is 10.5. The highest BCUT2D eigenvalue weighted by atomic mass is 16.5. The van der Waals surface area contributed by atoms with Gasteiger partial charge >= 0.3 is 0 Å². The van der Waals surface area contributed by atoms with Gasteiger partial charge < -0.3 is 9.30 Å². The van der Waals surface area contributed by atoms with Gasteiger partial charge in [0.25, 0.3) is 0 Å². The van der Waals surface area contributed by atoms with Crippen molar-refractivity contribution in [2.24, 2.45) is 0 Å². The van der Waals surface area contributed by atoms with Gasteiger partial charge in [-0.1, -0.05) is 121 Å². The van der Waals surface area contributed by atoms with Crippen LogP contribution < -0.4 is 10.2 Å². The third-order valence-electron chi connectivity index (χ3n) is 6.37. The summed E-state index contributed by atoms with van der Waals surface area (Å²) in [6.07, 6.45) is 21.1. The van der Waals surface area contributed by atoms with Gasteiger partial charge in [0.15, 0.2) is 5.75 Å². The summed E-state index contributed by atoms with van der Waals surface area (Å²) >= 11 is 0. The first-order chi connectivity index (χ1) is 15.7. The van der Waals surface area contributed by atoms with E-state index in [2.05, 4.69) is 11.5 Å². The Morgan fingerprint density at radius 3 is 1.81 bits per heavy atom. The summed E-state index contributed by atoms with van der Waals surface area (Å²) in [6, 6.07) is 11.6. The van der Waals surface area contributed by atoms with E-state index in [9.17, 15) is 4.79 Å². The molecule has 0 aliphatic rings. The lowest BCUT2D eigenvalue weighted by Gasteiger charge is -2.15. The van der Waals surface area contributed by atoms with Crippen molar-refractivity contribution in [3.05, 3.63) is 64.1 Å². The second kappa shape index (κ2) is 16.6.